The fourth-order valence-electron chi connectivity index (χ4n) is 2.38. The van der Waals surface area contributed by atoms with E-state index in [0.717, 1.165) is 12.8 Å². The summed E-state index contributed by atoms with van der Waals surface area (Å²) in [6.07, 6.45) is 2.27. The number of rotatable bonds is 6. The average Bonchev–Trinajstić information content (AvgIpc) is 2.97. The molecule has 1 fully saturated rings. The third-order valence-corrected chi connectivity index (χ3v) is 3.51. The first kappa shape index (κ1) is 14.8. The van der Waals surface area contributed by atoms with E-state index in [0.29, 0.717) is 25.6 Å². The number of carbonyl (C=O) groups excluding carboxylic acids is 1. The summed E-state index contributed by atoms with van der Waals surface area (Å²) in [5, 5.41) is 15.6. The molecule has 112 valence electrons. The normalized spacial score (nSPS) is 17.7. The minimum absolute atomic E-state index is 0.0298. The van der Waals surface area contributed by atoms with Gasteiger partial charge in [-0.05, 0) is 30.3 Å². The van der Waals surface area contributed by atoms with Gasteiger partial charge in [0.25, 0.3) is 11.8 Å². The van der Waals surface area contributed by atoms with Crippen molar-refractivity contribution in [2.24, 2.45) is 5.92 Å². The van der Waals surface area contributed by atoms with Gasteiger partial charge in [0.15, 0.2) is 0 Å². The Morgan fingerprint density at radius 2 is 2.35 bits per heavy atom. The standard InChI is InChI=1S/C13H20N2O5/c1-18-12-8-11(20-15-12)13(17)14-10(2-5-16)9-3-6-19-7-4-9/h8-10,16H,2-7H2,1H3,(H,14,17). The molecule has 7 heteroatoms. The molecule has 1 unspecified atom stereocenters. The Balaban J connectivity index is 1.97. The van der Waals surface area contributed by atoms with Crippen molar-refractivity contribution < 1.29 is 23.9 Å². The Hall–Kier alpha value is -1.60. The topological polar surface area (TPSA) is 93.8 Å². The Morgan fingerprint density at radius 1 is 1.60 bits per heavy atom. The molecule has 0 aliphatic carbocycles. The van der Waals surface area contributed by atoms with Crippen LogP contribution in [0.25, 0.3) is 0 Å². The second-order valence-corrected chi connectivity index (χ2v) is 4.78. The van der Waals surface area contributed by atoms with Crippen molar-refractivity contribution in [2.75, 3.05) is 26.9 Å². The van der Waals surface area contributed by atoms with Crippen molar-refractivity contribution in [1.82, 2.24) is 10.5 Å². The highest BCUT2D eigenvalue weighted by molar-refractivity contribution is 5.91. The zero-order valence-electron chi connectivity index (χ0n) is 11.5. The van der Waals surface area contributed by atoms with Gasteiger partial charge in [-0.15, -0.1) is 0 Å². The number of methoxy groups -OCH3 is 1. The number of ether oxygens (including phenoxy) is 2. The number of aromatic nitrogens is 1. The third-order valence-electron chi connectivity index (χ3n) is 3.51. The van der Waals surface area contributed by atoms with E-state index in [9.17, 15) is 4.79 Å². The van der Waals surface area contributed by atoms with Crippen molar-refractivity contribution in [1.29, 1.82) is 0 Å². The highest BCUT2D eigenvalue weighted by atomic mass is 16.5. The number of amides is 1. The van der Waals surface area contributed by atoms with Crippen LogP contribution in [0.15, 0.2) is 10.6 Å². The quantitative estimate of drug-likeness (QED) is 0.794. The van der Waals surface area contributed by atoms with Crippen LogP contribution < -0.4 is 10.1 Å². The first-order valence-corrected chi connectivity index (χ1v) is 6.74. The van der Waals surface area contributed by atoms with E-state index in [1.807, 2.05) is 0 Å². The maximum absolute atomic E-state index is 12.1. The summed E-state index contributed by atoms with van der Waals surface area (Å²) in [5.74, 6) is 0.340. The van der Waals surface area contributed by atoms with E-state index in [1.165, 1.54) is 13.2 Å². The van der Waals surface area contributed by atoms with Gasteiger partial charge in [-0.25, -0.2) is 0 Å². The summed E-state index contributed by atoms with van der Waals surface area (Å²) in [4.78, 5) is 12.1. The lowest BCUT2D eigenvalue weighted by molar-refractivity contribution is 0.0473. The van der Waals surface area contributed by atoms with Gasteiger partial charge in [0.2, 0.25) is 5.76 Å². The molecule has 0 spiro atoms. The first-order chi connectivity index (χ1) is 9.74. The van der Waals surface area contributed by atoms with Crippen LogP contribution in [0.4, 0.5) is 0 Å². The lowest BCUT2D eigenvalue weighted by Gasteiger charge is -2.30. The van der Waals surface area contributed by atoms with Crippen LogP contribution in [0.1, 0.15) is 29.8 Å². The molecule has 1 aliphatic heterocycles. The van der Waals surface area contributed by atoms with E-state index in [2.05, 4.69) is 10.5 Å². The summed E-state index contributed by atoms with van der Waals surface area (Å²) in [6, 6.07) is 1.35. The summed E-state index contributed by atoms with van der Waals surface area (Å²) in [5.41, 5.74) is 0. The van der Waals surface area contributed by atoms with E-state index in [1.54, 1.807) is 0 Å². The predicted molar refractivity (Wildman–Crippen MR) is 69.6 cm³/mol. The molecule has 2 heterocycles. The minimum atomic E-state index is -0.342. The molecule has 1 atom stereocenters. The molecule has 0 radical (unpaired) electrons. The van der Waals surface area contributed by atoms with Gasteiger partial charge < -0.3 is 24.4 Å². The molecule has 2 N–H and O–H groups in total. The third kappa shape index (κ3) is 3.71. The van der Waals surface area contributed by atoms with Crippen LogP contribution in [0.5, 0.6) is 5.88 Å². The molecule has 0 bridgehead atoms. The van der Waals surface area contributed by atoms with Gasteiger partial charge >= 0.3 is 0 Å². The molecule has 1 aromatic rings. The monoisotopic (exact) mass is 284 g/mol. The van der Waals surface area contributed by atoms with E-state index >= 15 is 0 Å². The summed E-state index contributed by atoms with van der Waals surface area (Å²) in [7, 11) is 1.45. The van der Waals surface area contributed by atoms with E-state index in [4.69, 9.17) is 19.1 Å². The molecule has 1 aromatic heterocycles. The predicted octanol–water partition coefficient (Wildman–Crippen LogP) is 0.591. The Labute approximate surface area is 117 Å². The molecule has 2 rings (SSSR count). The van der Waals surface area contributed by atoms with Gasteiger partial charge in [0.1, 0.15) is 0 Å². The zero-order valence-corrected chi connectivity index (χ0v) is 11.5. The Morgan fingerprint density at radius 3 is 2.95 bits per heavy atom. The smallest absolute Gasteiger partial charge is 0.290 e. The highest BCUT2D eigenvalue weighted by Crippen LogP contribution is 2.21. The molecule has 1 saturated heterocycles. The van der Waals surface area contributed by atoms with Crippen LogP contribution in [-0.4, -0.2) is 49.1 Å². The van der Waals surface area contributed by atoms with E-state index < -0.39 is 0 Å². The first-order valence-electron chi connectivity index (χ1n) is 6.74. The van der Waals surface area contributed by atoms with Crippen molar-refractivity contribution in [3.05, 3.63) is 11.8 Å². The fourth-order valence-corrected chi connectivity index (χ4v) is 2.38. The highest BCUT2D eigenvalue weighted by Gasteiger charge is 2.26. The molecular formula is C13H20N2O5. The van der Waals surface area contributed by atoms with E-state index in [-0.39, 0.29) is 30.2 Å². The number of hydrogen-bond donors (Lipinski definition) is 2. The second-order valence-electron chi connectivity index (χ2n) is 4.78. The van der Waals surface area contributed by atoms with Crippen LogP contribution in [-0.2, 0) is 4.74 Å². The molecule has 20 heavy (non-hydrogen) atoms. The zero-order chi connectivity index (χ0) is 14.4. The van der Waals surface area contributed by atoms with Gasteiger partial charge in [0, 0.05) is 25.9 Å². The van der Waals surface area contributed by atoms with Crippen molar-refractivity contribution >= 4 is 5.91 Å². The number of aliphatic hydroxyl groups is 1. The SMILES string of the molecule is COc1cc(C(=O)NC(CCO)C2CCOCC2)on1. The van der Waals surface area contributed by atoms with Gasteiger partial charge in [0.05, 0.1) is 13.2 Å². The van der Waals surface area contributed by atoms with Crippen molar-refractivity contribution in [3.8, 4) is 5.88 Å². The molecule has 1 amide bonds. The van der Waals surface area contributed by atoms with Crippen LogP contribution in [0.3, 0.4) is 0 Å². The van der Waals surface area contributed by atoms with Gasteiger partial charge in [-0.1, -0.05) is 0 Å². The van der Waals surface area contributed by atoms with Crippen LogP contribution in [0, 0.1) is 5.92 Å². The Kier molecular flexibility index (Phi) is 5.37. The summed E-state index contributed by atoms with van der Waals surface area (Å²) >= 11 is 0. The number of hydrogen-bond acceptors (Lipinski definition) is 6. The fraction of sp³-hybridized carbons (Fsp3) is 0.692. The van der Waals surface area contributed by atoms with Gasteiger partial charge in [-0.2, -0.15) is 0 Å². The lowest BCUT2D eigenvalue weighted by atomic mass is 9.90. The number of aliphatic hydroxyl groups excluding tert-OH is 1. The Bertz CT molecular complexity index is 428. The van der Waals surface area contributed by atoms with Crippen molar-refractivity contribution in [2.45, 2.75) is 25.3 Å². The molecule has 0 aromatic carbocycles. The molecule has 1 aliphatic rings. The number of carbonyl (C=O) groups is 1. The van der Waals surface area contributed by atoms with Crippen LogP contribution in [0.2, 0.25) is 0 Å². The molecule has 0 saturated carbocycles. The lowest BCUT2D eigenvalue weighted by Crippen LogP contribution is -2.42. The van der Waals surface area contributed by atoms with Crippen molar-refractivity contribution in [3.63, 3.8) is 0 Å². The molecular weight excluding hydrogens is 264 g/mol. The minimum Gasteiger partial charge on any atom is -0.479 e. The molecule has 7 nitrogen and oxygen atoms in total. The summed E-state index contributed by atoms with van der Waals surface area (Å²) in [6.45, 7) is 1.42. The largest absolute Gasteiger partial charge is 0.479 e. The maximum Gasteiger partial charge on any atom is 0.290 e. The number of nitrogens with one attached hydrogen (secondary N) is 1. The maximum atomic E-state index is 12.1. The summed E-state index contributed by atoms with van der Waals surface area (Å²) < 4.78 is 15.1. The van der Waals surface area contributed by atoms with Gasteiger partial charge in [-0.3, -0.25) is 4.79 Å². The number of nitrogens with zero attached hydrogens (tertiary/aromatic N) is 1. The van der Waals surface area contributed by atoms with Crippen LogP contribution >= 0.6 is 0 Å². The average molecular weight is 284 g/mol. The second kappa shape index (κ2) is 7.25.